The highest BCUT2D eigenvalue weighted by Crippen LogP contribution is 2.25. The van der Waals surface area contributed by atoms with Crippen molar-refractivity contribution in [3.05, 3.63) is 28.3 Å². The van der Waals surface area contributed by atoms with Crippen LogP contribution in [0.2, 0.25) is 0 Å². The number of hydrogen-bond donors (Lipinski definition) is 2. The van der Waals surface area contributed by atoms with E-state index in [2.05, 4.69) is 4.72 Å². The largest absolute Gasteiger partial charge is 0.393 e. The molecule has 0 spiro atoms. The molecule has 0 fully saturated rings. The first-order valence-corrected chi connectivity index (χ1v) is 7.05. The summed E-state index contributed by atoms with van der Waals surface area (Å²) in [6.07, 6.45) is 0. The highest BCUT2D eigenvalue weighted by atomic mass is 32.2. The van der Waals surface area contributed by atoms with E-state index >= 15 is 0 Å². The Labute approximate surface area is 112 Å². The van der Waals surface area contributed by atoms with Gasteiger partial charge in [0.2, 0.25) is 10.0 Å². The van der Waals surface area contributed by atoms with Gasteiger partial charge in [0.05, 0.1) is 9.82 Å². The molecule has 1 rings (SSSR count). The Hall–Kier alpha value is -1.67. The third kappa shape index (κ3) is 4.18. The van der Waals surface area contributed by atoms with Gasteiger partial charge in [-0.1, -0.05) is 20.8 Å². The number of nitro groups is 1. The smallest absolute Gasteiger partial charge is 0.293 e. The maximum Gasteiger partial charge on any atom is 0.293 e. The Bertz CT molecular complexity index is 590. The van der Waals surface area contributed by atoms with E-state index in [1.807, 2.05) is 20.8 Å². The number of benzene rings is 1. The number of hydrogen-bond acceptors (Lipinski definition) is 5. The predicted molar refractivity (Wildman–Crippen MR) is 72.2 cm³/mol. The van der Waals surface area contributed by atoms with Crippen LogP contribution in [0.5, 0.6) is 0 Å². The highest BCUT2D eigenvalue weighted by Gasteiger charge is 2.22. The summed E-state index contributed by atoms with van der Waals surface area (Å²) in [5.74, 6) is 0. The molecule has 0 saturated heterocycles. The van der Waals surface area contributed by atoms with E-state index in [-0.39, 0.29) is 22.5 Å². The van der Waals surface area contributed by atoms with Gasteiger partial charge in [0, 0.05) is 12.6 Å². The zero-order chi connectivity index (χ0) is 14.8. The van der Waals surface area contributed by atoms with Crippen molar-refractivity contribution in [2.45, 2.75) is 25.7 Å². The number of nitrogens with zero attached hydrogens (tertiary/aromatic N) is 1. The van der Waals surface area contributed by atoms with Crippen molar-refractivity contribution in [2.75, 3.05) is 12.3 Å². The maximum atomic E-state index is 12.0. The number of anilines is 1. The van der Waals surface area contributed by atoms with Crippen molar-refractivity contribution in [1.29, 1.82) is 0 Å². The van der Waals surface area contributed by atoms with Crippen LogP contribution in [0.25, 0.3) is 0 Å². The first-order chi connectivity index (χ1) is 8.53. The number of sulfonamides is 1. The van der Waals surface area contributed by atoms with Crippen LogP contribution in [0.1, 0.15) is 20.8 Å². The van der Waals surface area contributed by atoms with Crippen molar-refractivity contribution in [1.82, 2.24) is 4.72 Å². The van der Waals surface area contributed by atoms with Crippen LogP contribution < -0.4 is 10.5 Å². The van der Waals surface area contributed by atoms with Crippen molar-refractivity contribution >= 4 is 21.4 Å². The van der Waals surface area contributed by atoms with Crippen LogP contribution in [-0.2, 0) is 10.0 Å². The number of nitrogens with one attached hydrogen (secondary N) is 1. The minimum atomic E-state index is -3.78. The minimum Gasteiger partial charge on any atom is -0.393 e. The molecule has 0 aromatic heterocycles. The minimum absolute atomic E-state index is 0.0697. The molecule has 106 valence electrons. The number of nitrogens with two attached hydrogens (primary N) is 1. The average Bonchev–Trinajstić information content (AvgIpc) is 2.25. The number of rotatable bonds is 4. The molecule has 1 aromatic carbocycles. The zero-order valence-corrected chi connectivity index (χ0v) is 11.8. The SMILES string of the molecule is CC(C)(C)CNS(=O)(=O)c1ccc(N)c([N+](=O)[O-])c1. The molecule has 0 aliphatic carbocycles. The van der Waals surface area contributed by atoms with E-state index in [0.717, 1.165) is 6.07 Å². The predicted octanol–water partition coefficient (Wildman–Crippen LogP) is 1.50. The van der Waals surface area contributed by atoms with Gasteiger partial charge in [-0.25, -0.2) is 13.1 Å². The first-order valence-electron chi connectivity index (χ1n) is 5.56. The highest BCUT2D eigenvalue weighted by molar-refractivity contribution is 7.89. The zero-order valence-electron chi connectivity index (χ0n) is 11.0. The van der Waals surface area contributed by atoms with Gasteiger partial charge in [0.25, 0.3) is 5.69 Å². The first kappa shape index (κ1) is 15.4. The van der Waals surface area contributed by atoms with Crippen molar-refractivity contribution in [2.24, 2.45) is 5.41 Å². The molecule has 3 N–H and O–H groups in total. The topological polar surface area (TPSA) is 115 Å². The molecule has 0 aliphatic rings. The summed E-state index contributed by atoms with van der Waals surface area (Å²) >= 11 is 0. The van der Waals surface area contributed by atoms with Crippen LogP contribution >= 0.6 is 0 Å². The fraction of sp³-hybridized carbons (Fsp3) is 0.455. The molecular weight excluding hydrogens is 270 g/mol. The second kappa shape index (κ2) is 5.14. The average molecular weight is 287 g/mol. The molecule has 0 bridgehead atoms. The third-order valence-electron chi connectivity index (χ3n) is 2.30. The monoisotopic (exact) mass is 287 g/mol. The summed E-state index contributed by atoms with van der Waals surface area (Å²) in [7, 11) is -3.78. The normalized spacial score (nSPS) is 12.4. The van der Waals surface area contributed by atoms with Gasteiger partial charge in [-0.15, -0.1) is 0 Å². The lowest BCUT2D eigenvalue weighted by molar-refractivity contribution is -0.384. The molecule has 1 aromatic rings. The Morgan fingerprint density at radius 2 is 1.95 bits per heavy atom. The maximum absolute atomic E-state index is 12.0. The lowest BCUT2D eigenvalue weighted by atomic mass is 9.98. The second-order valence-corrected chi connectivity index (χ2v) is 7.13. The van der Waals surface area contributed by atoms with Gasteiger partial charge in [0.1, 0.15) is 5.69 Å². The van der Waals surface area contributed by atoms with Gasteiger partial charge in [0.15, 0.2) is 0 Å². The molecule has 19 heavy (non-hydrogen) atoms. The van der Waals surface area contributed by atoms with E-state index in [0.29, 0.717) is 0 Å². The fourth-order valence-electron chi connectivity index (χ4n) is 1.24. The van der Waals surface area contributed by atoms with Gasteiger partial charge < -0.3 is 5.73 Å². The molecule has 0 aliphatic heterocycles. The summed E-state index contributed by atoms with van der Waals surface area (Å²) in [4.78, 5) is 9.85. The molecule has 0 saturated carbocycles. The molecule has 8 heteroatoms. The Kier molecular flexibility index (Phi) is 4.16. The fourth-order valence-corrected chi connectivity index (χ4v) is 2.55. The van der Waals surface area contributed by atoms with E-state index in [1.54, 1.807) is 0 Å². The summed E-state index contributed by atoms with van der Waals surface area (Å²) in [5.41, 5.74) is 4.70. The molecule has 0 unspecified atom stereocenters. The Balaban J connectivity index is 3.09. The van der Waals surface area contributed by atoms with Crippen molar-refractivity contribution in [3.63, 3.8) is 0 Å². The molecule has 7 nitrogen and oxygen atoms in total. The quantitative estimate of drug-likeness (QED) is 0.494. The molecule has 0 amide bonds. The van der Waals surface area contributed by atoms with Crippen LogP contribution in [-0.4, -0.2) is 19.9 Å². The number of nitro benzene ring substituents is 1. The summed E-state index contributed by atoms with van der Waals surface area (Å²) in [6, 6.07) is 3.41. The van der Waals surface area contributed by atoms with Gasteiger partial charge in [-0.05, 0) is 17.5 Å². The van der Waals surface area contributed by atoms with E-state index < -0.39 is 20.6 Å². The molecule has 0 heterocycles. The summed E-state index contributed by atoms with van der Waals surface area (Å²) < 4.78 is 26.4. The summed E-state index contributed by atoms with van der Waals surface area (Å²) in [5, 5.41) is 10.7. The van der Waals surface area contributed by atoms with Gasteiger partial charge in [-0.2, -0.15) is 0 Å². The van der Waals surface area contributed by atoms with E-state index in [9.17, 15) is 18.5 Å². The van der Waals surface area contributed by atoms with Crippen molar-refractivity contribution in [3.8, 4) is 0 Å². The number of nitrogen functional groups attached to an aromatic ring is 1. The van der Waals surface area contributed by atoms with Crippen LogP contribution in [0, 0.1) is 15.5 Å². The van der Waals surface area contributed by atoms with Gasteiger partial charge in [-0.3, -0.25) is 10.1 Å². The lowest BCUT2D eigenvalue weighted by Gasteiger charge is -2.18. The third-order valence-corrected chi connectivity index (χ3v) is 3.70. The second-order valence-electron chi connectivity index (χ2n) is 5.36. The molecule has 0 radical (unpaired) electrons. The van der Waals surface area contributed by atoms with E-state index in [4.69, 9.17) is 5.73 Å². The van der Waals surface area contributed by atoms with Crippen LogP contribution in [0.3, 0.4) is 0 Å². The van der Waals surface area contributed by atoms with Crippen molar-refractivity contribution < 1.29 is 13.3 Å². The standard InChI is InChI=1S/C11H17N3O4S/c1-11(2,3)7-13-19(17,18)8-4-5-9(12)10(6-8)14(15)16/h4-6,13H,7,12H2,1-3H3. The van der Waals surface area contributed by atoms with Crippen LogP contribution in [0.4, 0.5) is 11.4 Å². The van der Waals surface area contributed by atoms with Gasteiger partial charge >= 0.3 is 0 Å². The summed E-state index contributed by atoms with van der Waals surface area (Å²) in [6.45, 7) is 5.86. The van der Waals surface area contributed by atoms with Crippen LogP contribution in [0.15, 0.2) is 23.1 Å². The molecular formula is C11H17N3O4S. The Morgan fingerprint density at radius 3 is 2.42 bits per heavy atom. The lowest BCUT2D eigenvalue weighted by Crippen LogP contribution is -2.32. The van der Waals surface area contributed by atoms with E-state index in [1.165, 1.54) is 12.1 Å². The Morgan fingerprint density at radius 1 is 1.37 bits per heavy atom. The molecule has 0 atom stereocenters.